The summed E-state index contributed by atoms with van der Waals surface area (Å²) >= 11 is 0. The molecule has 58 valence electrons. The van der Waals surface area contributed by atoms with Gasteiger partial charge in [-0.2, -0.15) is 0 Å². The van der Waals surface area contributed by atoms with Gasteiger partial charge in [-0.3, -0.25) is 4.99 Å². The van der Waals surface area contributed by atoms with Gasteiger partial charge in [0.25, 0.3) is 0 Å². The smallest absolute Gasteiger partial charge is 0.0276 e. The predicted molar refractivity (Wildman–Crippen MR) is 44.4 cm³/mol. The minimum absolute atomic E-state index is 0.0776. The molecule has 10 heavy (non-hydrogen) atoms. The molecule has 0 amide bonds. The lowest BCUT2D eigenvalue weighted by atomic mass is 9.83. The molecule has 0 bridgehead atoms. The summed E-state index contributed by atoms with van der Waals surface area (Å²) in [5.41, 5.74) is 7.35. The van der Waals surface area contributed by atoms with Gasteiger partial charge in [0.05, 0.1) is 0 Å². The lowest BCUT2D eigenvalue weighted by Crippen LogP contribution is -2.40. The largest absolute Gasteiger partial charge is 0.325 e. The molecule has 0 unspecified atom stereocenters. The summed E-state index contributed by atoms with van der Waals surface area (Å²) in [7, 11) is 1.87. The van der Waals surface area contributed by atoms with Crippen molar-refractivity contribution in [3.8, 4) is 0 Å². The second-order valence-electron chi connectivity index (χ2n) is 3.44. The third-order valence-electron chi connectivity index (χ3n) is 2.29. The first-order chi connectivity index (χ1) is 4.64. The first-order valence-electron chi connectivity index (χ1n) is 3.87. The van der Waals surface area contributed by atoms with E-state index in [1.165, 1.54) is 5.71 Å². The highest BCUT2D eigenvalue weighted by molar-refractivity contribution is 5.85. The molecule has 1 aliphatic carbocycles. The summed E-state index contributed by atoms with van der Waals surface area (Å²) in [5.74, 6) is 0. The second kappa shape index (κ2) is 2.70. The van der Waals surface area contributed by atoms with Crippen LogP contribution in [0.25, 0.3) is 0 Å². The molecule has 1 aliphatic rings. The molecule has 0 aromatic rings. The third-order valence-corrected chi connectivity index (χ3v) is 2.29. The zero-order valence-electron chi connectivity index (χ0n) is 6.85. The first-order valence-corrected chi connectivity index (χ1v) is 3.87. The molecule has 2 N–H and O–H groups in total. The molecule has 0 aromatic heterocycles. The van der Waals surface area contributed by atoms with E-state index in [0.717, 1.165) is 25.7 Å². The summed E-state index contributed by atoms with van der Waals surface area (Å²) < 4.78 is 0. The Hall–Kier alpha value is -0.370. The van der Waals surface area contributed by atoms with E-state index in [1.54, 1.807) is 0 Å². The van der Waals surface area contributed by atoms with Crippen LogP contribution in [-0.2, 0) is 0 Å². The van der Waals surface area contributed by atoms with Crippen LogP contribution in [0.5, 0.6) is 0 Å². The Kier molecular flexibility index (Phi) is 2.09. The quantitative estimate of drug-likeness (QED) is 0.542. The van der Waals surface area contributed by atoms with Crippen molar-refractivity contribution < 1.29 is 0 Å². The highest BCUT2D eigenvalue weighted by Crippen LogP contribution is 2.23. The van der Waals surface area contributed by atoms with Crippen molar-refractivity contribution in [3.63, 3.8) is 0 Å². The van der Waals surface area contributed by atoms with Crippen LogP contribution in [0.4, 0.5) is 0 Å². The number of rotatable bonds is 0. The van der Waals surface area contributed by atoms with Gasteiger partial charge >= 0.3 is 0 Å². The standard InChI is InChI=1S/C8H16N2/c1-8(9)5-3-7(10-2)4-6-8/h3-6,9H2,1-2H3. The minimum atomic E-state index is 0.0776. The van der Waals surface area contributed by atoms with Crippen molar-refractivity contribution in [1.29, 1.82) is 0 Å². The van der Waals surface area contributed by atoms with Crippen LogP contribution in [-0.4, -0.2) is 18.3 Å². The van der Waals surface area contributed by atoms with Crippen molar-refractivity contribution in [1.82, 2.24) is 0 Å². The SMILES string of the molecule is CN=C1CCC(C)(N)CC1. The molecule has 1 saturated carbocycles. The fourth-order valence-electron chi connectivity index (χ4n) is 1.33. The number of aliphatic imine (C=N–C) groups is 1. The lowest BCUT2D eigenvalue weighted by Gasteiger charge is -2.29. The number of hydrogen-bond donors (Lipinski definition) is 1. The van der Waals surface area contributed by atoms with Gasteiger partial charge in [-0.05, 0) is 32.6 Å². The number of nitrogens with two attached hydrogens (primary N) is 1. The van der Waals surface area contributed by atoms with Crippen molar-refractivity contribution in [3.05, 3.63) is 0 Å². The summed E-state index contributed by atoms with van der Waals surface area (Å²) in [6, 6.07) is 0. The summed E-state index contributed by atoms with van der Waals surface area (Å²) in [4.78, 5) is 4.17. The zero-order chi connectivity index (χ0) is 7.61. The van der Waals surface area contributed by atoms with E-state index in [9.17, 15) is 0 Å². The Morgan fingerprint density at radius 3 is 2.30 bits per heavy atom. The van der Waals surface area contributed by atoms with E-state index in [0.29, 0.717) is 0 Å². The Labute approximate surface area is 62.5 Å². The Balaban J connectivity index is 2.46. The summed E-state index contributed by atoms with van der Waals surface area (Å²) in [6.45, 7) is 2.12. The van der Waals surface area contributed by atoms with E-state index < -0.39 is 0 Å². The van der Waals surface area contributed by atoms with E-state index in [-0.39, 0.29) is 5.54 Å². The van der Waals surface area contributed by atoms with Crippen molar-refractivity contribution >= 4 is 5.71 Å². The molecule has 1 fully saturated rings. The van der Waals surface area contributed by atoms with Gasteiger partial charge in [0, 0.05) is 18.3 Å². The fourth-order valence-corrected chi connectivity index (χ4v) is 1.33. The van der Waals surface area contributed by atoms with Gasteiger partial charge in [-0.25, -0.2) is 0 Å². The van der Waals surface area contributed by atoms with Gasteiger partial charge < -0.3 is 5.73 Å². The number of hydrogen-bond acceptors (Lipinski definition) is 2. The topological polar surface area (TPSA) is 38.4 Å². The Morgan fingerprint density at radius 1 is 1.40 bits per heavy atom. The molecule has 0 spiro atoms. The van der Waals surface area contributed by atoms with Crippen LogP contribution in [0, 0.1) is 0 Å². The van der Waals surface area contributed by atoms with Gasteiger partial charge in [0.15, 0.2) is 0 Å². The average Bonchev–Trinajstić information content (AvgIpc) is 1.88. The molecule has 0 atom stereocenters. The molecule has 2 nitrogen and oxygen atoms in total. The molecule has 2 heteroatoms. The third kappa shape index (κ3) is 1.81. The van der Waals surface area contributed by atoms with E-state index in [2.05, 4.69) is 11.9 Å². The van der Waals surface area contributed by atoms with E-state index >= 15 is 0 Å². The molecule has 0 radical (unpaired) electrons. The zero-order valence-corrected chi connectivity index (χ0v) is 6.85. The van der Waals surface area contributed by atoms with Crippen LogP contribution < -0.4 is 5.73 Å². The molecule has 1 rings (SSSR count). The molecule has 0 saturated heterocycles. The minimum Gasteiger partial charge on any atom is -0.325 e. The first kappa shape index (κ1) is 7.73. The average molecular weight is 140 g/mol. The Morgan fingerprint density at radius 2 is 1.90 bits per heavy atom. The van der Waals surface area contributed by atoms with E-state index in [1.807, 2.05) is 7.05 Å². The molecule has 0 aromatic carbocycles. The summed E-state index contributed by atoms with van der Waals surface area (Å²) in [6.07, 6.45) is 4.40. The molecule has 0 heterocycles. The predicted octanol–water partition coefficient (Wildman–Crippen LogP) is 1.35. The summed E-state index contributed by atoms with van der Waals surface area (Å²) in [5, 5.41) is 0. The van der Waals surface area contributed by atoms with Crippen molar-refractivity contribution in [2.45, 2.75) is 38.1 Å². The van der Waals surface area contributed by atoms with Gasteiger partial charge in [-0.1, -0.05) is 0 Å². The maximum absolute atomic E-state index is 5.94. The van der Waals surface area contributed by atoms with Crippen molar-refractivity contribution in [2.24, 2.45) is 10.7 Å². The second-order valence-corrected chi connectivity index (χ2v) is 3.44. The maximum atomic E-state index is 5.94. The molecular formula is C8H16N2. The van der Waals surface area contributed by atoms with Gasteiger partial charge in [-0.15, -0.1) is 0 Å². The van der Waals surface area contributed by atoms with Crippen LogP contribution in [0.3, 0.4) is 0 Å². The van der Waals surface area contributed by atoms with Crippen LogP contribution in [0.2, 0.25) is 0 Å². The van der Waals surface area contributed by atoms with Crippen LogP contribution in [0.15, 0.2) is 4.99 Å². The lowest BCUT2D eigenvalue weighted by molar-refractivity contribution is 0.394. The normalized spacial score (nSPS) is 34.1. The highest BCUT2D eigenvalue weighted by Gasteiger charge is 2.23. The van der Waals surface area contributed by atoms with Gasteiger partial charge in [0.2, 0.25) is 0 Å². The van der Waals surface area contributed by atoms with Gasteiger partial charge in [0.1, 0.15) is 0 Å². The Bertz CT molecular complexity index is 135. The van der Waals surface area contributed by atoms with E-state index in [4.69, 9.17) is 5.73 Å². The maximum Gasteiger partial charge on any atom is 0.0276 e. The fraction of sp³-hybridized carbons (Fsp3) is 0.875. The van der Waals surface area contributed by atoms with Crippen LogP contribution in [0.1, 0.15) is 32.6 Å². The highest BCUT2D eigenvalue weighted by atomic mass is 14.8. The molecular weight excluding hydrogens is 124 g/mol. The number of nitrogens with zero attached hydrogens (tertiary/aromatic N) is 1. The molecule has 0 aliphatic heterocycles. The van der Waals surface area contributed by atoms with Crippen molar-refractivity contribution in [2.75, 3.05) is 7.05 Å². The monoisotopic (exact) mass is 140 g/mol. The van der Waals surface area contributed by atoms with Crippen LogP contribution >= 0.6 is 0 Å².